The summed E-state index contributed by atoms with van der Waals surface area (Å²) in [6.07, 6.45) is -0.240. The first-order chi connectivity index (χ1) is 8.61. The normalized spacial score (nSPS) is 10.3. The second-order valence-corrected chi connectivity index (χ2v) is 3.65. The van der Waals surface area contributed by atoms with Crippen molar-refractivity contribution in [1.82, 2.24) is 9.78 Å². The third kappa shape index (κ3) is 2.27. The van der Waals surface area contributed by atoms with Crippen LogP contribution < -0.4 is 4.74 Å². The number of benzene rings is 1. The maximum atomic E-state index is 10.6. The molecule has 0 radical (unpaired) electrons. The number of nitrogens with zero attached hydrogens (tertiary/aromatic N) is 2. The molecule has 18 heavy (non-hydrogen) atoms. The molecular formula is C12H12N2O4. The van der Waals surface area contributed by atoms with E-state index >= 15 is 0 Å². The van der Waals surface area contributed by atoms with Crippen LogP contribution in [0, 0.1) is 0 Å². The molecule has 94 valence electrons. The highest BCUT2D eigenvalue weighted by molar-refractivity contribution is 5.69. The molecular weight excluding hydrogens is 236 g/mol. The van der Waals surface area contributed by atoms with E-state index in [1.807, 2.05) is 0 Å². The summed E-state index contributed by atoms with van der Waals surface area (Å²) in [5.74, 6) is -0.590. The Labute approximate surface area is 103 Å². The van der Waals surface area contributed by atoms with E-state index in [0.29, 0.717) is 11.4 Å². The van der Waals surface area contributed by atoms with Crippen molar-refractivity contribution in [2.24, 2.45) is 0 Å². The van der Waals surface area contributed by atoms with Crippen molar-refractivity contribution >= 4 is 5.97 Å². The molecule has 0 saturated heterocycles. The lowest BCUT2D eigenvalue weighted by atomic mass is 10.3. The van der Waals surface area contributed by atoms with Crippen molar-refractivity contribution in [3.05, 3.63) is 36.0 Å². The van der Waals surface area contributed by atoms with Crippen LogP contribution in [0.5, 0.6) is 11.6 Å². The Morgan fingerprint density at radius 3 is 2.83 bits per heavy atom. The molecule has 1 heterocycles. The Balaban J connectivity index is 2.44. The van der Waals surface area contributed by atoms with Crippen molar-refractivity contribution in [2.45, 2.75) is 6.42 Å². The van der Waals surface area contributed by atoms with Crippen molar-refractivity contribution < 1.29 is 19.7 Å². The van der Waals surface area contributed by atoms with Crippen LogP contribution >= 0.6 is 0 Å². The van der Waals surface area contributed by atoms with E-state index in [1.165, 1.54) is 17.9 Å². The average Bonchev–Trinajstić information content (AvgIpc) is 2.69. The van der Waals surface area contributed by atoms with E-state index < -0.39 is 5.97 Å². The van der Waals surface area contributed by atoms with Gasteiger partial charge in [0.2, 0.25) is 5.88 Å². The SMILES string of the molecule is COc1ccccc1-n1nc(CC(=O)O)cc1O. The van der Waals surface area contributed by atoms with Gasteiger partial charge in [0.25, 0.3) is 0 Å². The number of methoxy groups -OCH3 is 1. The van der Waals surface area contributed by atoms with Crippen molar-refractivity contribution in [3.63, 3.8) is 0 Å². The second kappa shape index (κ2) is 4.79. The van der Waals surface area contributed by atoms with Crippen molar-refractivity contribution in [2.75, 3.05) is 7.11 Å². The summed E-state index contributed by atoms with van der Waals surface area (Å²) < 4.78 is 6.40. The fraction of sp³-hybridized carbons (Fsp3) is 0.167. The molecule has 6 heteroatoms. The van der Waals surface area contributed by atoms with Gasteiger partial charge in [-0.3, -0.25) is 4.79 Å². The number of hydrogen-bond donors (Lipinski definition) is 2. The van der Waals surface area contributed by atoms with Crippen LogP contribution in [-0.4, -0.2) is 33.1 Å². The van der Waals surface area contributed by atoms with Gasteiger partial charge in [-0.2, -0.15) is 9.78 Å². The monoisotopic (exact) mass is 248 g/mol. The Kier molecular flexibility index (Phi) is 3.18. The number of aromatic hydroxyl groups is 1. The zero-order valence-corrected chi connectivity index (χ0v) is 9.70. The number of rotatable bonds is 4. The van der Waals surface area contributed by atoms with Crippen molar-refractivity contribution in [1.29, 1.82) is 0 Å². The average molecular weight is 248 g/mol. The summed E-state index contributed by atoms with van der Waals surface area (Å²) in [4.78, 5) is 10.6. The molecule has 6 nitrogen and oxygen atoms in total. The van der Waals surface area contributed by atoms with Gasteiger partial charge in [-0.1, -0.05) is 12.1 Å². The highest BCUT2D eigenvalue weighted by atomic mass is 16.5. The number of hydrogen-bond acceptors (Lipinski definition) is 4. The van der Waals surface area contributed by atoms with Crippen LogP contribution in [0.2, 0.25) is 0 Å². The van der Waals surface area contributed by atoms with Crippen LogP contribution in [0.25, 0.3) is 5.69 Å². The Morgan fingerprint density at radius 1 is 1.44 bits per heavy atom. The van der Waals surface area contributed by atoms with Gasteiger partial charge in [0.1, 0.15) is 11.4 Å². The van der Waals surface area contributed by atoms with Crippen molar-refractivity contribution in [3.8, 4) is 17.3 Å². The first-order valence-corrected chi connectivity index (χ1v) is 5.25. The summed E-state index contributed by atoms with van der Waals surface area (Å²) >= 11 is 0. The van der Waals surface area contributed by atoms with E-state index in [2.05, 4.69) is 5.10 Å². The Bertz CT molecular complexity index is 577. The predicted octanol–water partition coefficient (Wildman–Crippen LogP) is 1.21. The molecule has 0 spiro atoms. The molecule has 1 aromatic heterocycles. The molecule has 1 aromatic carbocycles. The van der Waals surface area contributed by atoms with Crippen LogP contribution in [0.3, 0.4) is 0 Å². The lowest BCUT2D eigenvalue weighted by Gasteiger charge is -2.08. The summed E-state index contributed by atoms with van der Waals surface area (Å²) in [6.45, 7) is 0. The van der Waals surface area contributed by atoms with Crippen LogP contribution in [0.15, 0.2) is 30.3 Å². The minimum atomic E-state index is -1.00. The second-order valence-electron chi connectivity index (χ2n) is 3.65. The lowest BCUT2D eigenvalue weighted by molar-refractivity contribution is -0.136. The van der Waals surface area contributed by atoms with Gasteiger partial charge in [-0.05, 0) is 12.1 Å². The first-order valence-electron chi connectivity index (χ1n) is 5.25. The van der Waals surface area contributed by atoms with Gasteiger partial charge < -0.3 is 14.9 Å². The van der Waals surface area contributed by atoms with Crippen LogP contribution in [0.1, 0.15) is 5.69 Å². The summed E-state index contributed by atoms with van der Waals surface area (Å²) in [7, 11) is 1.51. The van der Waals surface area contributed by atoms with E-state index in [9.17, 15) is 9.90 Å². The minimum absolute atomic E-state index is 0.129. The number of aromatic nitrogens is 2. The molecule has 0 bridgehead atoms. The van der Waals surface area contributed by atoms with Gasteiger partial charge in [0.05, 0.1) is 19.2 Å². The Morgan fingerprint density at radius 2 is 2.17 bits per heavy atom. The number of carboxylic acid groups (broad SMARTS) is 1. The van der Waals surface area contributed by atoms with Gasteiger partial charge in [0.15, 0.2) is 0 Å². The van der Waals surface area contributed by atoms with Gasteiger partial charge in [0, 0.05) is 6.07 Å². The predicted molar refractivity (Wildman–Crippen MR) is 63.1 cm³/mol. The van der Waals surface area contributed by atoms with E-state index in [4.69, 9.17) is 9.84 Å². The number of carbonyl (C=O) groups is 1. The van der Waals surface area contributed by atoms with E-state index in [-0.39, 0.29) is 18.0 Å². The maximum absolute atomic E-state index is 10.6. The lowest BCUT2D eigenvalue weighted by Crippen LogP contribution is -2.03. The largest absolute Gasteiger partial charge is 0.494 e. The third-order valence-corrected chi connectivity index (χ3v) is 2.39. The molecule has 0 aliphatic carbocycles. The topological polar surface area (TPSA) is 84.6 Å². The summed E-state index contributed by atoms with van der Waals surface area (Å²) in [5.41, 5.74) is 0.833. The van der Waals surface area contributed by atoms with Gasteiger partial charge in [-0.25, -0.2) is 0 Å². The molecule has 2 aromatic rings. The number of ether oxygens (including phenoxy) is 1. The third-order valence-electron chi connectivity index (χ3n) is 2.39. The number of para-hydroxylation sites is 2. The quantitative estimate of drug-likeness (QED) is 0.849. The first kappa shape index (κ1) is 12.0. The minimum Gasteiger partial charge on any atom is -0.494 e. The Hall–Kier alpha value is -2.50. The highest BCUT2D eigenvalue weighted by Crippen LogP contribution is 2.26. The maximum Gasteiger partial charge on any atom is 0.309 e. The van der Waals surface area contributed by atoms with Crippen LogP contribution in [0.4, 0.5) is 0 Å². The molecule has 0 aliphatic heterocycles. The van der Waals surface area contributed by atoms with E-state index in [1.54, 1.807) is 24.3 Å². The molecule has 0 atom stereocenters. The smallest absolute Gasteiger partial charge is 0.309 e. The summed E-state index contributed by atoms with van der Waals surface area (Å²) in [5, 5.41) is 22.5. The standard InChI is InChI=1S/C12H12N2O4/c1-18-10-5-3-2-4-9(10)14-11(15)6-8(13-14)7-12(16)17/h2-6,15H,7H2,1H3,(H,16,17). The van der Waals surface area contributed by atoms with E-state index in [0.717, 1.165) is 0 Å². The van der Waals surface area contributed by atoms with Gasteiger partial charge in [-0.15, -0.1) is 0 Å². The highest BCUT2D eigenvalue weighted by Gasteiger charge is 2.13. The molecule has 0 amide bonds. The van der Waals surface area contributed by atoms with Crippen LogP contribution in [-0.2, 0) is 11.2 Å². The fourth-order valence-electron chi connectivity index (χ4n) is 1.64. The molecule has 2 rings (SSSR count). The summed E-state index contributed by atoms with van der Waals surface area (Å²) in [6, 6.07) is 8.33. The zero-order chi connectivity index (χ0) is 13.1. The molecule has 0 saturated carbocycles. The molecule has 0 fully saturated rings. The fourth-order valence-corrected chi connectivity index (χ4v) is 1.64. The van der Waals surface area contributed by atoms with Gasteiger partial charge >= 0.3 is 5.97 Å². The molecule has 2 N–H and O–H groups in total. The molecule has 0 unspecified atom stereocenters. The number of aliphatic carboxylic acids is 1. The number of carboxylic acids is 1. The molecule has 0 aliphatic rings. The zero-order valence-electron chi connectivity index (χ0n) is 9.70.